The van der Waals surface area contributed by atoms with Crippen LogP contribution in [0.1, 0.15) is 25.0 Å². The highest BCUT2D eigenvalue weighted by Gasteiger charge is 2.22. The number of aliphatic hydroxyl groups excluding tert-OH is 1. The molecule has 0 aliphatic heterocycles. The first-order valence-electron chi connectivity index (χ1n) is 9.63. The smallest absolute Gasteiger partial charge is 0.326 e. The van der Waals surface area contributed by atoms with Crippen LogP contribution in [0.3, 0.4) is 0 Å². The standard InChI is InChI=1S/C21H28N4O5/c1-13(2)11-24(3)21(30)23-17(20(28)29)9-14-5-7-15(8-6-14)18-16(12-26)10-22-25(4)19(18)27/h5-8,10,13,17,26H,9,11-12H2,1-4H3,(H,23,30)(H,28,29)/t17-/m0/s1. The van der Waals surface area contributed by atoms with E-state index in [0.717, 1.165) is 0 Å². The van der Waals surface area contributed by atoms with Gasteiger partial charge in [0.25, 0.3) is 5.56 Å². The lowest BCUT2D eigenvalue weighted by Crippen LogP contribution is -2.48. The summed E-state index contributed by atoms with van der Waals surface area (Å²) in [4.78, 5) is 37.8. The maximum atomic E-state index is 12.4. The van der Waals surface area contributed by atoms with Gasteiger partial charge in [0.1, 0.15) is 6.04 Å². The van der Waals surface area contributed by atoms with E-state index in [2.05, 4.69) is 10.4 Å². The second-order valence-electron chi connectivity index (χ2n) is 7.65. The number of nitrogens with zero attached hydrogens (tertiary/aromatic N) is 3. The van der Waals surface area contributed by atoms with Crippen molar-refractivity contribution in [2.75, 3.05) is 13.6 Å². The Morgan fingerprint density at radius 3 is 2.40 bits per heavy atom. The number of carbonyl (C=O) groups excluding carboxylic acids is 1. The maximum Gasteiger partial charge on any atom is 0.326 e. The summed E-state index contributed by atoms with van der Waals surface area (Å²) >= 11 is 0. The third kappa shape index (κ3) is 5.66. The maximum absolute atomic E-state index is 12.4. The van der Waals surface area contributed by atoms with E-state index < -0.39 is 18.0 Å². The van der Waals surface area contributed by atoms with Gasteiger partial charge in [-0.3, -0.25) is 4.79 Å². The third-order valence-corrected chi connectivity index (χ3v) is 4.65. The highest BCUT2D eigenvalue weighted by Crippen LogP contribution is 2.20. The van der Waals surface area contributed by atoms with Crippen molar-refractivity contribution in [2.45, 2.75) is 32.9 Å². The molecule has 0 aliphatic rings. The summed E-state index contributed by atoms with van der Waals surface area (Å²) in [5.41, 5.74) is 1.71. The fraction of sp³-hybridized carbons (Fsp3) is 0.429. The lowest BCUT2D eigenvalue weighted by Gasteiger charge is -2.23. The topological polar surface area (TPSA) is 125 Å². The molecule has 0 spiro atoms. The number of hydrogen-bond donors (Lipinski definition) is 3. The van der Waals surface area contributed by atoms with E-state index in [-0.39, 0.29) is 24.5 Å². The Balaban J connectivity index is 2.20. The van der Waals surface area contributed by atoms with Crippen LogP contribution in [0, 0.1) is 5.92 Å². The summed E-state index contributed by atoms with van der Waals surface area (Å²) in [5, 5.41) is 25.5. The van der Waals surface area contributed by atoms with Crippen LogP contribution in [0.4, 0.5) is 4.79 Å². The summed E-state index contributed by atoms with van der Waals surface area (Å²) in [7, 11) is 3.15. The number of aliphatic carboxylic acids is 1. The van der Waals surface area contributed by atoms with Gasteiger partial charge in [-0.15, -0.1) is 0 Å². The summed E-state index contributed by atoms with van der Waals surface area (Å²) in [6.07, 6.45) is 1.53. The number of carboxylic acid groups (broad SMARTS) is 1. The first kappa shape index (κ1) is 23.1. The van der Waals surface area contributed by atoms with Crippen molar-refractivity contribution in [1.29, 1.82) is 0 Å². The van der Waals surface area contributed by atoms with Gasteiger partial charge < -0.3 is 20.4 Å². The summed E-state index contributed by atoms with van der Waals surface area (Å²) in [6.45, 7) is 4.13. The zero-order valence-corrected chi connectivity index (χ0v) is 17.6. The number of aryl methyl sites for hydroxylation is 1. The molecule has 1 atom stereocenters. The Hall–Kier alpha value is -3.20. The van der Waals surface area contributed by atoms with Crippen LogP contribution in [0.15, 0.2) is 35.3 Å². The van der Waals surface area contributed by atoms with Gasteiger partial charge >= 0.3 is 12.0 Å². The molecule has 2 aromatic rings. The minimum absolute atomic E-state index is 0.0953. The van der Waals surface area contributed by atoms with Gasteiger partial charge in [-0.2, -0.15) is 5.10 Å². The summed E-state index contributed by atoms with van der Waals surface area (Å²) < 4.78 is 1.19. The zero-order chi connectivity index (χ0) is 22.4. The second kappa shape index (κ2) is 10.0. The molecule has 9 heteroatoms. The second-order valence-corrected chi connectivity index (χ2v) is 7.65. The summed E-state index contributed by atoms with van der Waals surface area (Å²) in [6, 6.07) is 5.26. The average molecular weight is 416 g/mol. The molecular formula is C21H28N4O5. The normalized spacial score (nSPS) is 11.9. The number of carbonyl (C=O) groups is 2. The van der Waals surface area contributed by atoms with Crippen LogP contribution >= 0.6 is 0 Å². The fourth-order valence-electron chi connectivity index (χ4n) is 3.13. The Kier molecular flexibility index (Phi) is 7.71. The van der Waals surface area contributed by atoms with E-state index in [1.54, 1.807) is 31.3 Å². The van der Waals surface area contributed by atoms with E-state index in [0.29, 0.717) is 28.8 Å². The molecule has 162 valence electrons. The van der Waals surface area contributed by atoms with Crippen molar-refractivity contribution >= 4 is 12.0 Å². The Labute approximate surface area is 175 Å². The minimum atomic E-state index is -1.13. The van der Waals surface area contributed by atoms with E-state index in [4.69, 9.17) is 0 Å². The predicted octanol–water partition coefficient (Wildman–Crippen LogP) is 1.23. The van der Waals surface area contributed by atoms with Gasteiger partial charge in [0.05, 0.1) is 18.4 Å². The molecule has 9 nitrogen and oxygen atoms in total. The molecule has 1 aromatic heterocycles. The third-order valence-electron chi connectivity index (χ3n) is 4.65. The summed E-state index contributed by atoms with van der Waals surface area (Å²) in [5.74, 6) is -0.864. The quantitative estimate of drug-likeness (QED) is 0.595. The largest absolute Gasteiger partial charge is 0.480 e. The number of nitrogens with one attached hydrogen (secondary N) is 1. The molecule has 0 saturated heterocycles. The molecule has 2 rings (SSSR count). The molecule has 0 aliphatic carbocycles. The molecule has 0 unspecified atom stereocenters. The van der Waals surface area contributed by atoms with Crippen molar-refractivity contribution in [3.8, 4) is 11.1 Å². The first-order valence-corrected chi connectivity index (χ1v) is 9.63. The molecule has 1 aromatic carbocycles. The van der Waals surface area contributed by atoms with Crippen molar-refractivity contribution in [3.63, 3.8) is 0 Å². The van der Waals surface area contributed by atoms with E-state index >= 15 is 0 Å². The van der Waals surface area contributed by atoms with Crippen molar-refractivity contribution in [2.24, 2.45) is 13.0 Å². The van der Waals surface area contributed by atoms with Gasteiger partial charge in [-0.05, 0) is 17.0 Å². The van der Waals surface area contributed by atoms with Gasteiger partial charge in [0, 0.05) is 32.6 Å². The number of hydrogen-bond acceptors (Lipinski definition) is 5. The molecule has 30 heavy (non-hydrogen) atoms. The number of benzene rings is 1. The molecule has 0 saturated carbocycles. The van der Waals surface area contributed by atoms with Crippen LogP contribution in [0.5, 0.6) is 0 Å². The molecule has 0 radical (unpaired) electrons. The number of amides is 2. The SMILES string of the molecule is CC(C)CN(C)C(=O)N[C@@H](Cc1ccc(-c2c(CO)cnn(C)c2=O)cc1)C(=O)O. The number of carboxylic acids is 1. The van der Waals surface area contributed by atoms with Crippen molar-refractivity contribution in [3.05, 3.63) is 51.9 Å². The number of rotatable bonds is 8. The number of aliphatic hydroxyl groups is 1. The monoisotopic (exact) mass is 416 g/mol. The number of aromatic nitrogens is 2. The highest BCUT2D eigenvalue weighted by atomic mass is 16.4. The van der Waals surface area contributed by atoms with Crippen LogP contribution < -0.4 is 10.9 Å². The van der Waals surface area contributed by atoms with E-state index in [9.17, 15) is 24.6 Å². The molecule has 3 N–H and O–H groups in total. The van der Waals surface area contributed by atoms with Crippen LogP contribution in [-0.2, 0) is 24.9 Å². The lowest BCUT2D eigenvalue weighted by atomic mass is 9.99. The van der Waals surface area contributed by atoms with Gasteiger partial charge in [0.15, 0.2) is 0 Å². The fourth-order valence-corrected chi connectivity index (χ4v) is 3.13. The molecule has 0 bridgehead atoms. The van der Waals surface area contributed by atoms with Crippen molar-refractivity contribution in [1.82, 2.24) is 20.0 Å². The first-order chi connectivity index (χ1) is 14.1. The van der Waals surface area contributed by atoms with Crippen LogP contribution in [0.25, 0.3) is 11.1 Å². The van der Waals surface area contributed by atoms with E-state index in [1.807, 2.05) is 13.8 Å². The highest BCUT2D eigenvalue weighted by molar-refractivity contribution is 5.82. The lowest BCUT2D eigenvalue weighted by molar-refractivity contribution is -0.139. The Bertz CT molecular complexity index is 953. The van der Waals surface area contributed by atoms with Gasteiger partial charge in [0.2, 0.25) is 0 Å². The van der Waals surface area contributed by atoms with Gasteiger partial charge in [-0.1, -0.05) is 38.1 Å². The molecule has 0 fully saturated rings. The van der Waals surface area contributed by atoms with Crippen LogP contribution in [0.2, 0.25) is 0 Å². The zero-order valence-electron chi connectivity index (χ0n) is 17.6. The molecule has 2 amide bonds. The van der Waals surface area contributed by atoms with E-state index in [1.165, 1.54) is 22.8 Å². The molecule has 1 heterocycles. The number of urea groups is 1. The average Bonchev–Trinajstić information content (AvgIpc) is 2.69. The van der Waals surface area contributed by atoms with Crippen LogP contribution in [-0.4, -0.2) is 56.5 Å². The van der Waals surface area contributed by atoms with Crippen molar-refractivity contribution < 1.29 is 19.8 Å². The molecular weight excluding hydrogens is 388 g/mol. The predicted molar refractivity (Wildman–Crippen MR) is 112 cm³/mol. The van der Waals surface area contributed by atoms with Gasteiger partial charge in [-0.25, -0.2) is 14.3 Å². The Morgan fingerprint density at radius 1 is 1.23 bits per heavy atom. The minimum Gasteiger partial charge on any atom is -0.480 e. The Morgan fingerprint density at radius 2 is 1.87 bits per heavy atom.